The topological polar surface area (TPSA) is 112 Å². The lowest BCUT2D eigenvalue weighted by atomic mass is 9.92. The summed E-state index contributed by atoms with van der Waals surface area (Å²) in [7, 11) is 1.53. The van der Waals surface area contributed by atoms with E-state index in [9.17, 15) is 14.4 Å². The zero-order valence-corrected chi connectivity index (χ0v) is 16.1. The number of hydrogen-bond acceptors (Lipinski definition) is 5. The lowest BCUT2D eigenvalue weighted by Crippen LogP contribution is -2.46. The minimum Gasteiger partial charge on any atom is -0.496 e. The molecular weight excluding hydrogens is 372 g/mol. The van der Waals surface area contributed by atoms with Crippen molar-refractivity contribution < 1.29 is 19.1 Å². The van der Waals surface area contributed by atoms with Crippen LogP contribution in [0.5, 0.6) is 5.75 Å². The highest BCUT2D eigenvalue weighted by Crippen LogP contribution is 2.27. The monoisotopic (exact) mass is 392 g/mol. The summed E-state index contributed by atoms with van der Waals surface area (Å²) >= 11 is 0. The fourth-order valence-electron chi connectivity index (χ4n) is 3.26. The van der Waals surface area contributed by atoms with Gasteiger partial charge in [-0.1, -0.05) is 30.3 Å². The Morgan fingerprint density at radius 2 is 1.90 bits per heavy atom. The number of nitrogens with zero attached hydrogens (tertiary/aromatic N) is 2. The zero-order valence-electron chi connectivity index (χ0n) is 16.1. The molecule has 0 radical (unpaired) electrons. The minimum atomic E-state index is -1.20. The van der Waals surface area contributed by atoms with Gasteiger partial charge in [0, 0.05) is 6.42 Å². The van der Waals surface area contributed by atoms with Crippen molar-refractivity contribution in [1.82, 2.24) is 10.2 Å². The van der Waals surface area contributed by atoms with Crippen molar-refractivity contribution in [3.63, 3.8) is 0 Å². The molecule has 8 heteroatoms. The Balaban J connectivity index is 1.73. The number of amides is 4. The summed E-state index contributed by atoms with van der Waals surface area (Å²) in [6.45, 7) is 1.16. The highest BCUT2D eigenvalue weighted by molar-refractivity contribution is 6.10. The first-order valence-corrected chi connectivity index (χ1v) is 8.93. The van der Waals surface area contributed by atoms with Crippen molar-refractivity contribution in [1.29, 1.82) is 5.26 Å². The third-order valence-electron chi connectivity index (χ3n) is 4.71. The van der Waals surface area contributed by atoms with Crippen LogP contribution in [-0.4, -0.2) is 41.9 Å². The molecule has 1 aliphatic heterocycles. The molecule has 1 saturated heterocycles. The average Bonchev–Trinajstić information content (AvgIpc) is 2.91. The summed E-state index contributed by atoms with van der Waals surface area (Å²) in [5, 5.41) is 14.4. The van der Waals surface area contributed by atoms with Gasteiger partial charge in [-0.25, -0.2) is 4.79 Å². The van der Waals surface area contributed by atoms with Gasteiger partial charge in [0.05, 0.1) is 18.4 Å². The van der Waals surface area contributed by atoms with Crippen LogP contribution in [0, 0.1) is 11.3 Å². The summed E-state index contributed by atoms with van der Waals surface area (Å²) in [5.41, 5.74) is 0.180. The molecule has 0 aliphatic carbocycles. The Kier molecular flexibility index (Phi) is 5.50. The van der Waals surface area contributed by atoms with Crippen LogP contribution in [0.1, 0.15) is 18.1 Å². The predicted molar refractivity (Wildman–Crippen MR) is 105 cm³/mol. The smallest absolute Gasteiger partial charge is 0.325 e. The predicted octanol–water partition coefficient (Wildman–Crippen LogP) is 2.06. The molecule has 1 fully saturated rings. The van der Waals surface area contributed by atoms with Crippen LogP contribution in [0.2, 0.25) is 0 Å². The molecule has 3 rings (SSSR count). The molecule has 2 aromatic carbocycles. The van der Waals surface area contributed by atoms with Gasteiger partial charge in [0.1, 0.15) is 23.9 Å². The molecule has 148 valence electrons. The van der Waals surface area contributed by atoms with Crippen LogP contribution < -0.4 is 15.4 Å². The Bertz CT molecular complexity index is 1010. The van der Waals surface area contributed by atoms with Gasteiger partial charge < -0.3 is 15.4 Å². The maximum absolute atomic E-state index is 12.9. The molecule has 1 heterocycles. The molecule has 0 saturated carbocycles. The number of benzene rings is 2. The highest BCUT2D eigenvalue weighted by Gasteiger charge is 2.48. The summed E-state index contributed by atoms with van der Waals surface area (Å²) in [4.78, 5) is 38.6. The lowest BCUT2D eigenvalue weighted by molar-refractivity contribution is -0.133. The van der Waals surface area contributed by atoms with Gasteiger partial charge in [-0.2, -0.15) is 5.26 Å². The molecule has 0 unspecified atom stereocenters. The number of para-hydroxylation sites is 2. The number of hydrogen-bond donors (Lipinski definition) is 2. The largest absolute Gasteiger partial charge is 0.496 e. The van der Waals surface area contributed by atoms with E-state index in [1.807, 2.05) is 24.3 Å². The molecule has 2 N–H and O–H groups in total. The number of nitrogens with one attached hydrogen (secondary N) is 2. The van der Waals surface area contributed by atoms with Crippen LogP contribution in [0.3, 0.4) is 0 Å². The second kappa shape index (κ2) is 8.02. The van der Waals surface area contributed by atoms with E-state index in [-0.39, 0.29) is 6.42 Å². The number of ether oxygens (including phenoxy) is 1. The molecule has 1 atom stereocenters. The number of urea groups is 1. The Morgan fingerprint density at radius 3 is 2.62 bits per heavy atom. The quantitative estimate of drug-likeness (QED) is 0.731. The molecule has 1 aliphatic rings. The van der Waals surface area contributed by atoms with E-state index in [4.69, 9.17) is 10.00 Å². The Hall–Kier alpha value is -3.86. The van der Waals surface area contributed by atoms with Crippen molar-refractivity contribution in [2.24, 2.45) is 0 Å². The van der Waals surface area contributed by atoms with Crippen molar-refractivity contribution >= 4 is 23.5 Å². The summed E-state index contributed by atoms with van der Waals surface area (Å²) < 4.78 is 5.31. The lowest BCUT2D eigenvalue weighted by Gasteiger charge is -2.22. The minimum absolute atomic E-state index is 0.219. The van der Waals surface area contributed by atoms with E-state index in [0.29, 0.717) is 17.0 Å². The fourth-order valence-corrected chi connectivity index (χ4v) is 3.26. The maximum atomic E-state index is 12.9. The van der Waals surface area contributed by atoms with Crippen LogP contribution in [-0.2, 0) is 16.0 Å². The van der Waals surface area contributed by atoms with Crippen molar-refractivity contribution in [3.8, 4) is 11.8 Å². The highest BCUT2D eigenvalue weighted by atomic mass is 16.5. The van der Waals surface area contributed by atoms with Crippen LogP contribution in [0.4, 0.5) is 10.5 Å². The van der Waals surface area contributed by atoms with Gasteiger partial charge in [0.15, 0.2) is 0 Å². The molecule has 0 bridgehead atoms. The summed E-state index contributed by atoms with van der Waals surface area (Å²) in [6, 6.07) is 15.1. The maximum Gasteiger partial charge on any atom is 0.325 e. The first-order valence-electron chi connectivity index (χ1n) is 8.93. The van der Waals surface area contributed by atoms with Crippen molar-refractivity contribution in [2.45, 2.75) is 18.9 Å². The number of rotatable bonds is 6. The van der Waals surface area contributed by atoms with Crippen LogP contribution in [0.15, 0.2) is 48.5 Å². The van der Waals surface area contributed by atoms with Gasteiger partial charge >= 0.3 is 6.03 Å². The standard InChI is InChI=1S/C21H20N4O4/c1-21(11-14-7-4-6-10-17(14)29-2)19(27)25(20(28)24-21)13-18(26)23-16-9-5-3-8-15(16)12-22/h3-10H,11,13H2,1-2H3,(H,23,26)(H,24,28)/t21-/m0/s1. The van der Waals surface area contributed by atoms with E-state index in [1.54, 1.807) is 37.3 Å². The number of nitriles is 1. The number of carbonyl (C=O) groups excluding carboxylic acids is 3. The first kappa shape index (κ1) is 19.9. The fraction of sp³-hybridized carbons (Fsp3) is 0.238. The molecule has 4 amide bonds. The molecule has 0 aromatic heterocycles. The number of imide groups is 1. The molecule has 2 aromatic rings. The zero-order chi connectivity index (χ0) is 21.0. The molecule has 29 heavy (non-hydrogen) atoms. The van der Waals surface area contributed by atoms with Crippen LogP contribution >= 0.6 is 0 Å². The number of anilines is 1. The van der Waals surface area contributed by atoms with Gasteiger partial charge in [0.2, 0.25) is 5.91 Å². The third kappa shape index (κ3) is 4.04. The second-order valence-corrected chi connectivity index (χ2v) is 6.85. The number of methoxy groups -OCH3 is 1. The van der Waals surface area contributed by atoms with Gasteiger partial charge in [-0.15, -0.1) is 0 Å². The number of carbonyl (C=O) groups is 3. The average molecular weight is 392 g/mol. The Morgan fingerprint density at radius 1 is 1.21 bits per heavy atom. The normalized spacial score (nSPS) is 18.2. The van der Waals surface area contributed by atoms with E-state index >= 15 is 0 Å². The molecule has 8 nitrogen and oxygen atoms in total. The molecular formula is C21H20N4O4. The summed E-state index contributed by atoms with van der Waals surface area (Å²) in [5.74, 6) is -0.463. The van der Waals surface area contributed by atoms with Gasteiger partial charge in [0.25, 0.3) is 5.91 Å². The van der Waals surface area contributed by atoms with Gasteiger partial charge in [-0.3, -0.25) is 14.5 Å². The van der Waals surface area contributed by atoms with Crippen molar-refractivity contribution in [3.05, 3.63) is 59.7 Å². The van der Waals surface area contributed by atoms with Crippen molar-refractivity contribution in [2.75, 3.05) is 19.0 Å². The van der Waals surface area contributed by atoms with E-state index in [1.165, 1.54) is 7.11 Å². The third-order valence-corrected chi connectivity index (χ3v) is 4.71. The Labute approximate surface area is 168 Å². The van der Waals surface area contributed by atoms with Crippen LogP contribution in [0.25, 0.3) is 0 Å². The van der Waals surface area contributed by atoms with E-state index in [2.05, 4.69) is 10.6 Å². The first-order chi connectivity index (χ1) is 13.9. The van der Waals surface area contributed by atoms with E-state index in [0.717, 1.165) is 10.5 Å². The van der Waals surface area contributed by atoms with E-state index < -0.39 is 29.9 Å². The van der Waals surface area contributed by atoms with Gasteiger partial charge in [-0.05, 0) is 30.7 Å². The summed E-state index contributed by atoms with van der Waals surface area (Å²) in [6.07, 6.45) is 0.219. The second-order valence-electron chi connectivity index (χ2n) is 6.85. The SMILES string of the molecule is COc1ccccc1C[C@]1(C)NC(=O)N(CC(=O)Nc2ccccc2C#N)C1=O. The molecule has 0 spiro atoms.